The smallest absolute Gasteiger partial charge is 0.325 e. The molecule has 0 saturated carbocycles. The van der Waals surface area contributed by atoms with E-state index in [1.54, 1.807) is 32.2 Å². The lowest BCUT2D eigenvalue weighted by Crippen LogP contribution is -2.65. The first-order valence-corrected chi connectivity index (χ1v) is 8.64. The van der Waals surface area contributed by atoms with Crippen LogP contribution in [0, 0.1) is 5.82 Å². The predicted molar refractivity (Wildman–Crippen MR) is 94.5 cm³/mol. The van der Waals surface area contributed by atoms with Crippen LogP contribution in [-0.2, 0) is 0 Å². The van der Waals surface area contributed by atoms with Gasteiger partial charge in [0.25, 0.3) is 0 Å². The second kappa shape index (κ2) is 5.62. The molecule has 0 aliphatic carbocycles. The minimum atomic E-state index is -1.02. The molecule has 2 amide bonds. The number of hydrogen-bond acceptors (Lipinski definition) is 3. The van der Waals surface area contributed by atoms with Crippen molar-refractivity contribution in [2.45, 2.75) is 25.1 Å². The number of halogens is 2. The van der Waals surface area contributed by atoms with Gasteiger partial charge in [0.15, 0.2) is 17.2 Å². The lowest BCUT2D eigenvalue weighted by atomic mass is 9.90. The topological polar surface area (TPSA) is 50.8 Å². The minimum Gasteiger partial charge on any atom is -0.493 e. The lowest BCUT2D eigenvalue weighted by molar-refractivity contribution is 0.0344. The summed E-state index contributed by atoms with van der Waals surface area (Å²) in [6, 6.07) is 9.53. The number of hydrogen-bond donors (Lipinski definition) is 1. The molecule has 2 heterocycles. The molecule has 5 nitrogen and oxygen atoms in total. The van der Waals surface area contributed by atoms with Gasteiger partial charge in [0, 0.05) is 16.5 Å². The highest BCUT2D eigenvalue weighted by Gasteiger charge is 2.51. The molecule has 0 aromatic heterocycles. The third-order valence-electron chi connectivity index (χ3n) is 4.63. The number of carbonyl (C=O) groups is 1. The van der Waals surface area contributed by atoms with Crippen molar-refractivity contribution in [3.63, 3.8) is 0 Å². The van der Waals surface area contributed by atoms with Gasteiger partial charge in [-0.15, -0.1) is 0 Å². The van der Waals surface area contributed by atoms with E-state index in [0.717, 1.165) is 5.56 Å². The average molecular weight is 407 g/mol. The second-order valence-electron chi connectivity index (χ2n) is 6.29. The summed E-state index contributed by atoms with van der Waals surface area (Å²) in [6.07, 6.45) is 0.494. The second-order valence-corrected chi connectivity index (χ2v) is 7.21. The van der Waals surface area contributed by atoms with Crippen molar-refractivity contribution >= 4 is 27.6 Å². The summed E-state index contributed by atoms with van der Waals surface area (Å²) in [5.74, 6) is 0.658. The van der Waals surface area contributed by atoms with Gasteiger partial charge in [-0.1, -0.05) is 28.1 Å². The number of nitrogens with one attached hydrogen (secondary N) is 1. The van der Waals surface area contributed by atoms with Crippen molar-refractivity contribution in [2.75, 3.05) is 12.0 Å². The number of benzene rings is 2. The van der Waals surface area contributed by atoms with Gasteiger partial charge in [-0.25, -0.2) is 9.18 Å². The van der Waals surface area contributed by atoms with Crippen molar-refractivity contribution in [3.8, 4) is 11.5 Å². The van der Waals surface area contributed by atoms with Crippen molar-refractivity contribution < 1.29 is 18.7 Å². The van der Waals surface area contributed by atoms with Crippen molar-refractivity contribution in [1.29, 1.82) is 0 Å². The maximum absolute atomic E-state index is 14.5. The molecule has 2 bridgehead atoms. The van der Waals surface area contributed by atoms with Gasteiger partial charge < -0.3 is 14.8 Å². The molecule has 25 heavy (non-hydrogen) atoms. The Morgan fingerprint density at radius 3 is 2.92 bits per heavy atom. The summed E-state index contributed by atoms with van der Waals surface area (Å²) in [4.78, 5) is 14.1. The molecular formula is C18H16BrFN2O3. The van der Waals surface area contributed by atoms with E-state index in [2.05, 4.69) is 21.2 Å². The van der Waals surface area contributed by atoms with E-state index in [0.29, 0.717) is 22.4 Å². The van der Waals surface area contributed by atoms with E-state index >= 15 is 0 Å². The van der Waals surface area contributed by atoms with E-state index in [-0.39, 0.29) is 11.7 Å². The Morgan fingerprint density at radius 1 is 1.40 bits per heavy atom. The van der Waals surface area contributed by atoms with Crippen LogP contribution in [0.2, 0.25) is 0 Å². The van der Waals surface area contributed by atoms with Gasteiger partial charge in [-0.3, -0.25) is 4.90 Å². The summed E-state index contributed by atoms with van der Waals surface area (Å²) >= 11 is 3.24. The third-order valence-corrected chi connectivity index (χ3v) is 5.13. The van der Waals surface area contributed by atoms with Crippen LogP contribution in [-0.4, -0.2) is 18.9 Å². The van der Waals surface area contributed by atoms with Crippen LogP contribution in [0.3, 0.4) is 0 Å². The van der Waals surface area contributed by atoms with Gasteiger partial charge in [0.1, 0.15) is 5.82 Å². The molecule has 130 valence electrons. The van der Waals surface area contributed by atoms with Gasteiger partial charge in [-0.05, 0) is 31.2 Å². The molecule has 7 heteroatoms. The normalized spacial score (nSPS) is 24.2. The number of nitrogens with zero attached hydrogens (tertiary/aromatic N) is 1. The fraction of sp³-hybridized carbons (Fsp3) is 0.278. The van der Waals surface area contributed by atoms with Gasteiger partial charge in [0.2, 0.25) is 0 Å². The molecule has 2 aliphatic heterocycles. The van der Waals surface area contributed by atoms with Crippen LogP contribution in [0.15, 0.2) is 40.9 Å². The Balaban J connectivity index is 1.84. The zero-order chi connectivity index (χ0) is 17.8. The first-order chi connectivity index (χ1) is 11.9. The number of methoxy groups -OCH3 is 1. The number of amides is 2. The average Bonchev–Trinajstić information content (AvgIpc) is 2.55. The molecule has 1 fully saturated rings. The van der Waals surface area contributed by atoms with E-state index in [1.165, 1.54) is 11.0 Å². The number of rotatable bonds is 2. The molecule has 0 radical (unpaired) electrons. The zero-order valence-electron chi connectivity index (χ0n) is 13.7. The van der Waals surface area contributed by atoms with Crippen molar-refractivity contribution in [3.05, 3.63) is 52.3 Å². The van der Waals surface area contributed by atoms with Crippen molar-refractivity contribution in [1.82, 2.24) is 5.32 Å². The molecule has 2 aliphatic rings. The number of para-hydroxylation sites is 1. The third kappa shape index (κ3) is 2.45. The maximum atomic E-state index is 14.5. The number of ether oxygens (including phenoxy) is 2. The van der Waals surface area contributed by atoms with E-state index in [9.17, 15) is 9.18 Å². The van der Waals surface area contributed by atoms with Crippen LogP contribution in [0.4, 0.5) is 14.9 Å². The van der Waals surface area contributed by atoms with Crippen LogP contribution < -0.4 is 19.7 Å². The van der Waals surface area contributed by atoms with Gasteiger partial charge in [-0.2, -0.15) is 0 Å². The molecule has 1 N–H and O–H groups in total. The first kappa shape index (κ1) is 16.2. The fourth-order valence-corrected chi connectivity index (χ4v) is 3.88. The highest BCUT2D eigenvalue weighted by atomic mass is 79.9. The Labute approximate surface area is 152 Å². The lowest BCUT2D eigenvalue weighted by Gasteiger charge is -2.50. The highest BCUT2D eigenvalue weighted by Crippen LogP contribution is 2.49. The largest absolute Gasteiger partial charge is 0.493 e. The quantitative estimate of drug-likeness (QED) is 0.805. The van der Waals surface area contributed by atoms with Gasteiger partial charge in [0.05, 0.1) is 18.8 Å². The Morgan fingerprint density at radius 2 is 2.20 bits per heavy atom. The minimum absolute atomic E-state index is 0.167. The Hall–Kier alpha value is -2.28. The molecule has 1 saturated heterocycles. The summed E-state index contributed by atoms with van der Waals surface area (Å²) in [5, 5.41) is 2.94. The monoisotopic (exact) mass is 406 g/mol. The van der Waals surface area contributed by atoms with Crippen LogP contribution in [0.1, 0.15) is 24.9 Å². The summed E-state index contributed by atoms with van der Waals surface area (Å²) < 4.78 is 26.7. The number of carbonyl (C=O) groups excluding carboxylic acids is 1. The maximum Gasteiger partial charge on any atom is 0.325 e. The molecule has 4 rings (SSSR count). The Kier molecular flexibility index (Phi) is 3.64. The molecule has 2 aromatic rings. The van der Waals surface area contributed by atoms with Crippen LogP contribution in [0.5, 0.6) is 11.5 Å². The number of urea groups is 1. The molecule has 2 aromatic carbocycles. The SMILES string of the molecule is COc1cccc2c1OC1(C)CC2NC(=O)N1c1ccc(Br)cc1F. The number of anilines is 1. The van der Waals surface area contributed by atoms with Crippen molar-refractivity contribution in [2.24, 2.45) is 0 Å². The molecule has 2 unspecified atom stereocenters. The fourth-order valence-electron chi connectivity index (χ4n) is 3.55. The van der Waals surface area contributed by atoms with E-state index < -0.39 is 17.6 Å². The standard InChI is InChI=1S/C18H16BrFN2O3/c1-18-9-13(11-4-3-5-15(24-2)16(11)25-18)21-17(23)22(18)14-7-6-10(19)8-12(14)20/h3-8,13H,9H2,1-2H3,(H,21,23). The number of fused-ring (bicyclic) bond motifs is 4. The van der Waals surface area contributed by atoms with E-state index in [4.69, 9.17) is 9.47 Å². The predicted octanol–water partition coefficient (Wildman–Crippen LogP) is 4.37. The van der Waals surface area contributed by atoms with Crippen LogP contribution >= 0.6 is 15.9 Å². The zero-order valence-corrected chi connectivity index (χ0v) is 15.3. The summed E-state index contributed by atoms with van der Waals surface area (Å²) in [6.45, 7) is 1.79. The molecular weight excluding hydrogens is 391 g/mol. The molecule has 2 atom stereocenters. The van der Waals surface area contributed by atoms with Gasteiger partial charge >= 0.3 is 6.03 Å². The van der Waals surface area contributed by atoms with E-state index in [1.807, 2.05) is 12.1 Å². The first-order valence-electron chi connectivity index (χ1n) is 7.84. The molecule has 0 spiro atoms. The van der Waals surface area contributed by atoms with Crippen LogP contribution in [0.25, 0.3) is 0 Å². The summed E-state index contributed by atoms with van der Waals surface area (Å²) in [5.41, 5.74) is 0.00430. The highest BCUT2D eigenvalue weighted by molar-refractivity contribution is 9.10. The summed E-state index contributed by atoms with van der Waals surface area (Å²) in [7, 11) is 1.57. The Bertz CT molecular complexity index is 875.